The minimum Gasteiger partial charge on any atom is -0.396 e. The molecule has 4 heteroatoms. The van der Waals surface area contributed by atoms with Crippen LogP contribution >= 0.6 is 0 Å². The van der Waals surface area contributed by atoms with Gasteiger partial charge in [-0.3, -0.25) is 0 Å². The van der Waals surface area contributed by atoms with Crippen LogP contribution in [-0.2, 0) is 9.47 Å². The number of aliphatic hydroxyl groups is 2. The molecule has 1 aliphatic heterocycles. The number of hydrogen-bond acceptors (Lipinski definition) is 4. The molecule has 1 saturated heterocycles. The molecule has 72 valence electrons. The molecule has 0 bridgehead atoms. The standard InChI is InChI=1S/C8H16O4/c1-11-8-2-7(4-10)12-5-6(8)3-9/h6-10H,2-5H2,1H3/t6?,7?,8-/m0/s1. The van der Waals surface area contributed by atoms with Gasteiger partial charge in [-0.05, 0) is 0 Å². The van der Waals surface area contributed by atoms with Crippen molar-refractivity contribution < 1.29 is 19.7 Å². The summed E-state index contributed by atoms with van der Waals surface area (Å²) in [5.74, 6) is 0.0535. The summed E-state index contributed by atoms with van der Waals surface area (Å²) in [5, 5.41) is 17.7. The highest BCUT2D eigenvalue weighted by molar-refractivity contribution is 4.78. The lowest BCUT2D eigenvalue weighted by atomic mass is 9.96. The van der Waals surface area contributed by atoms with Crippen molar-refractivity contribution in [3.8, 4) is 0 Å². The summed E-state index contributed by atoms with van der Waals surface area (Å²) in [6.07, 6.45) is 0.553. The first kappa shape index (κ1) is 9.92. The Hall–Kier alpha value is -0.160. The van der Waals surface area contributed by atoms with E-state index in [0.29, 0.717) is 13.0 Å². The molecule has 1 rings (SSSR count). The predicted molar refractivity (Wildman–Crippen MR) is 42.8 cm³/mol. The lowest BCUT2D eigenvalue weighted by Gasteiger charge is -2.33. The first-order chi connectivity index (χ1) is 5.81. The molecular weight excluding hydrogens is 160 g/mol. The molecule has 0 aliphatic carbocycles. The second-order valence-electron chi connectivity index (χ2n) is 3.09. The summed E-state index contributed by atoms with van der Waals surface area (Å²) in [6.45, 7) is 0.578. The van der Waals surface area contributed by atoms with Crippen molar-refractivity contribution in [2.75, 3.05) is 26.9 Å². The van der Waals surface area contributed by atoms with Crippen molar-refractivity contribution in [1.82, 2.24) is 0 Å². The Balaban J connectivity index is 2.41. The van der Waals surface area contributed by atoms with Gasteiger partial charge in [-0.25, -0.2) is 0 Å². The van der Waals surface area contributed by atoms with Gasteiger partial charge in [0, 0.05) is 19.4 Å². The summed E-state index contributed by atoms with van der Waals surface area (Å²) in [5.41, 5.74) is 0. The van der Waals surface area contributed by atoms with Crippen molar-refractivity contribution in [1.29, 1.82) is 0 Å². The molecule has 0 amide bonds. The van der Waals surface area contributed by atoms with E-state index in [4.69, 9.17) is 19.7 Å². The van der Waals surface area contributed by atoms with E-state index >= 15 is 0 Å². The Kier molecular flexibility index (Phi) is 3.94. The molecule has 0 aromatic carbocycles. The fraction of sp³-hybridized carbons (Fsp3) is 1.00. The highest BCUT2D eigenvalue weighted by Gasteiger charge is 2.30. The van der Waals surface area contributed by atoms with Crippen LogP contribution in [0.3, 0.4) is 0 Å². The Bertz CT molecular complexity index is 128. The lowest BCUT2D eigenvalue weighted by molar-refractivity contribution is -0.121. The molecular formula is C8H16O4. The van der Waals surface area contributed by atoms with Crippen molar-refractivity contribution in [2.45, 2.75) is 18.6 Å². The van der Waals surface area contributed by atoms with Crippen LogP contribution in [0.25, 0.3) is 0 Å². The van der Waals surface area contributed by atoms with Crippen LogP contribution in [0.15, 0.2) is 0 Å². The van der Waals surface area contributed by atoms with Crippen molar-refractivity contribution >= 4 is 0 Å². The lowest BCUT2D eigenvalue weighted by Crippen LogP contribution is -2.41. The summed E-state index contributed by atoms with van der Waals surface area (Å²) >= 11 is 0. The average molecular weight is 176 g/mol. The number of rotatable bonds is 3. The summed E-state index contributed by atoms with van der Waals surface area (Å²) < 4.78 is 10.4. The highest BCUT2D eigenvalue weighted by atomic mass is 16.5. The van der Waals surface area contributed by atoms with Crippen LogP contribution < -0.4 is 0 Å². The van der Waals surface area contributed by atoms with Gasteiger partial charge < -0.3 is 19.7 Å². The molecule has 4 nitrogen and oxygen atoms in total. The van der Waals surface area contributed by atoms with E-state index < -0.39 is 0 Å². The number of hydrogen-bond donors (Lipinski definition) is 2. The molecule has 0 radical (unpaired) electrons. The Labute approximate surface area is 72.1 Å². The van der Waals surface area contributed by atoms with Gasteiger partial charge in [0.2, 0.25) is 0 Å². The van der Waals surface area contributed by atoms with E-state index in [1.807, 2.05) is 0 Å². The van der Waals surface area contributed by atoms with Gasteiger partial charge in [-0.15, -0.1) is 0 Å². The molecule has 1 fully saturated rings. The van der Waals surface area contributed by atoms with Crippen molar-refractivity contribution in [3.05, 3.63) is 0 Å². The normalized spacial score (nSPS) is 36.8. The number of ether oxygens (including phenoxy) is 2. The van der Waals surface area contributed by atoms with Crippen LogP contribution in [0.2, 0.25) is 0 Å². The zero-order chi connectivity index (χ0) is 8.97. The highest BCUT2D eigenvalue weighted by Crippen LogP contribution is 2.21. The smallest absolute Gasteiger partial charge is 0.0830 e. The maximum absolute atomic E-state index is 8.93. The molecule has 0 saturated carbocycles. The van der Waals surface area contributed by atoms with E-state index in [2.05, 4.69) is 0 Å². The van der Waals surface area contributed by atoms with Crippen molar-refractivity contribution in [2.24, 2.45) is 5.92 Å². The molecule has 12 heavy (non-hydrogen) atoms. The van der Waals surface area contributed by atoms with Crippen LogP contribution in [0.5, 0.6) is 0 Å². The molecule has 2 unspecified atom stereocenters. The summed E-state index contributed by atoms with van der Waals surface area (Å²) in [6, 6.07) is 0. The fourth-order valence-electron chi connectivity index (χ4n) is 1.47. The van der Waals surface area contributed by atoms with Gasteiger partial charge in [0.25, 0.3) is 0 Å². The third kappa shape index (κ3) is 2.17. The predicted octanol–water partition coefficient (Wildman–Crippen LogP) is -0.609. The zero-order valence-corrected chi connectivity index (χ0v) is 7.27. The van der Waals surface area contributed by atoms with Crippen LogP contribution in [0.4, 0.5) is 0 Å². The number of aliphatic hydroxyl groups excluding tert-OH is 2. The first-order valence-corrected chi connectivity index (χ1v) is 4.18. The van der Waals surface area contributed by atoms with Gasteiger partial charge in [0.15, 0.2) is 0 Å². The van der Waals surface area contributed by atoms with E-state index in [1.165, 1.54) is 0 Å². The minimum absolute atomic E-state index is 0.0147. The van der Waals surface area contributed by atoms with Gasteiger partial charge in [0.1, 0.15) is 0 Å². The van der Waals surface area contributed by atoms with Crippen LogP contribution in [0.1, 0.15) is 6.42 Å². The van der Waals surface area contributed by atoms with E-state index in [1.54, 1.807) is 7.11 Å². The summed E-state index contributed by atoms with van der Waals surface area (Å²) in [4.78, 5) is 0. The third-order valence-corrected chi connectivity index (χ3v) is 2.31. The molecule has 1 heterocycles. The Morgan fingerprint density at radius 3 is 2.67 bits per heavy atom. The monoisotopic (exact) mass is 176 g/mol. The molecule has 0 aromatic rings. The first-order valence-electron chi connectivity index (χ1n) is 4.18. The van der Waals surface area contributed by atoms with Crippen LogP contribution in [0, 0.1) is 5.92 Å². The quantitative estimate of drug-likeness (QED) is 0.602. The largest absolute Gasteiger partial charge is 0.396 e. The topological polar surface area (TPSA) is 58.9 Å². The van der Waals surface area contributed by atoms with E-state index in [0.717, 1.165) is 0 Å². The second-order valence-corrected chi connectivity index (χ2v) is 3.09. The molecule has 1 aliphatic rings. The van der Waals surface area contributed by atoms with Gasteiger partial charge in [-0.1, -0.05) is 0 Å². The van der Waals surface area contributed by atoms with Crippen LogP contribution in [-0.4, -0.2) is 49.4 Å². The van der Waals surface area contributed by atoms with Gasteiger partial charge >= 0.3 is 0 Å². The molecule has 2 N–H and O–H groups in total. The fourth-order valence-corrected chi connectivity index (χ4v) is 1.47. The van der Waals surface area contributed by atoms with Gasteiger partial charge in [0.05, 0.1) is 32.0 Å². The maximum atomic E-state index is 8.93. The molecule has 3 atom stereocenters. The Morgan fingerprint density at radius 2 is 2.17 bits per heavy atom. The van der Waals surface area contributed by atoms with E-state index in [-0.39, 0.29) is 31.3 Å². The zero-order valence-electron chi connectivity index (χ0n) is 7.27. The number of methoxy groups -OCH3 is 1. The third-order valence-electron chi connectivity index (χ3n) is 2.31. The molecule has 0 aromatic heterocycles. The SMILES string of the molecule is CO[C@H]1CC(CO)OCC1CO. The summed E-state index contributed by atoms with van der Waals surface area (Å²) in [7, 11) is 1.62. The minimum atomic E-state index is -0.127. The maximum Gasteiger partial charge on any atom is 0.0830 e. The molecule has 0 spiro atoms. The van der Waals surface area contributed by atoms with Crippen molar-refractivity contribution in [3.63, 3.8) is 0 Å². The average Bonchev–Trinajstić information content (AvgIpc) is 2.16. The van der Waals surface area contributed by atoms with E-state index in [9.17, 15) is 0 Å². The Morgan fingerprint density at radius 1 is 1.42 bits per heavy atom. The van der Waals surface area contributed by atoms with Gasteiger partial charge in [-0.2, -0.15) is 0 Å². The second kappa shape index (κ2) is 4.77.